The zero-order valence-corrected chi connectivity index (χ0v) is 10.8. The smallest absolute Gasteiger partial charge is 0.393 e. The molecular formula is C11H20F3N3O2. The number of carbonyl (C=O) groups is 1. The fourth-order valence-electron chi connectivity index (χ4n) is 2.34. The second-order valence-electron chi connectivity index (χ2n) is 5.09. The number of primary amides is 1. The number of carbonyl (C=O) groups excluding carboxylic acids is 1. The Balaban J connectivity index is 2.57. The van der Waals surface area contributed by atoms with E-state index in [9.17, 15) is 23.1 Å². The Morgan fingerprint density at radius 3 is 2.63 bits per heavy atom. The fourth-order valence-corrected chi connectivity index (χ4v) is 2.34. The Morgan fingerprint density at radius 2 is 2.16 bits per heavy atom. The van der Waals surface area contributed by atoms with E-state index in [2.05, 4.69) is 5.32 Å². The normalized spacial score (nSPS) is 27.2. The van der Waals surface area contributed by atoms with Gasteiger partial charge in [0, 0.05) is 19.1 Å². The molecule has 0 spiro atoms. The van der Waals surface area contributed by atoms with Crippen LogP contribution in [0.4, 0.5) is 13.2 Å². The molecule has 8 heteroatoms. The summed E-state index contributed by atoms with van der Waals surface area (Å²) >= 11 is 0. The van der Waals surface area contributed by atoms with Crippen molar-refractivity contribution in [2.45, 2.75) is 31.7 Å². The van der Waals surface area contributed by atoms with Crippen LogP contribution in [0.5, 0.6) is 0 Å². The van der Waals surface area contributed by atoms with E-state index in [0.717, 1.165) is 0 Å². The molecular weight excluding hydrogens is 263 g/mol. The Bertz CT molecular complexity index is 310. The summed E-state index contributed by atoms with van der Waals surface area (Å²) in [5, 5.41) is 12.0. The number of nitrogens with one attached hydrogen (secondary N) is 1. The van der Waals surface area contributed by atoms with E-state index in [1.165, 1.54) is 0 Å². The number of hydrogen-bond donors (Lipinski definition) is 3. The van der Waals surface area contributed by atoms with Crippen LogP contribution in [0.3, 0.4) is 0 Å². The van der Waals surface area contributed by atoms with Crippen molar-refractivity contribution in [1.29, 1.82) is 0 Å². The summed E-state index contributed by atoms with van der Waals surface area (Å²) in [5.41, 5.74) is 5.09. The van der Waals surface area contributed by atoms with E-state index in [4.69, 9.17) is 5.73 Å². The van der Waals surface area contributed by atoms with Crippen LogP contribution in [0, 0.1) is 5.92 Å². The molecule has 1 aliphatic heterocycles. The number of likely N-dealkylation sites (tertiary alicyclic amines) is 1. The van der Waals surface area contributed by atoms with Crippen molar-refractivity contribution in [3.63, 3.8) is 0 Å². The zero-order chi connectivity index (χ0) is 14.6. The Morgan fingerprint density at radius 1 is 1.53 bits per heavy atom. The van der Waals surface area contributed by atoms with Gasteiger partial charge in [-0.3, -0.25) is 9.69 Å². The van der Waals surface area contributed by atoms with Gasteiger partial charge >= 0.3 is 6.18 Å². The van der Waals surface area contributed by atoms with Crippen molar-refractivity contribution in [2.75, 3.05) is 26.2 Å². The number of piperidine rings is 1. The van der Waals surface area contributed by atoms with E-state index in [1.54, 1.807) is 11.8 Å². The minimum atomic E-state index is -4.27. The predicted molar refractivity (Wildman–Crippen MR) is 63.3 cm³/mol. The molecule has 3 unspecified atom stereocenters. The highest BCUT2D eigenvalue weighted by Crippen LogP contribution is 2.21. The van der Waals surface area contributed by atoms with E-state index < -0.39 is 30.8 Å². The van der Waals surface area contributed by atoms with Crippen molar-refractivity contribution in [2.24, 2.45) is 11.7 Å². The molecule has 0 aromatic rings. The van der Waals surface area contributed by atoms with Crippen LogP contribution in [0.25, 0.3) is 0 Å². The van der Waals surface area contributed by atoms with Crippen LogP contribution in [0.15, 0.2) is 0 Å². The number of aliphatic hydroxyl groups is 1. The molecule has 112 valence electrons. The molecule has 0 radical (unpaired) electrons. The molecule has 19 heavy (non-hydrogen) atoms. The average Bonchev–Trinajstić information content (AvgIpc) is 2.24. The number of rotatable bonds is 5. The molecule has 1 fully saturated rings. The quantitative estimate of drug-likeness (QED) is 0.647. The topological polar surface area (TPSA) is 78.6 Å². The van der Waals surface area contributed by atoms with Gasteiger partial charge in [-0.15, -0.1) is 0 Å². The van der Waals surface area contributed by atoms with Crippen LogP contribution in [0.1, 0.15) is 13.3 Å². The molecule has 0 aromatic carbocycles. The Hall–Kier alpha value is -0.860. The summed E-state index contributed by atoms with van der Waals surface area (Å²) in [6, 6.07) is -0.408. The van der Waals surface area contributed by atoms with Gasteiger partial charge in [-0.2, -0.15) is 13.2 Å². The van der Waals surface area contributed by atoms with Crippen molar-refractivity contribution in [1.82, 2.24) is 10.2 Å². The molecule has 0 aromatic heterocycles. The van der Waals surface area contributed by atoms with E-state index in [-0.39, 0.29) is 12.5 Å². The first kappa shape index (κ1) is 16.2. The van der Waals surface area contributed by atoms with Crippen LogP contribution < -0.4 is 11.1 Å². The SMILES string of the molecule is CC(O)C1CC(NCC(F)(F)F)CN(CC(N)=O)C1. The lowest BCUT2D eigenvalue weighted by molar-refractivity contribution is -0.128. The second kappa shape index (κ2) is 6.53. The highest BCUT2D eigenvalue weighted by Gasteiger charge is 2.33. The van der Waals surface area contributed by atoms with Crippen molar-refractivity contribution in [3.8, 4) is 0 Å². The fraction of sp³-hybridized carbons (Fsp3) is 0.909. The van der Waals surface area contributed by atoms with Crippen molar-refractivity contribution < 1.29 is 23.1 Å². The highest BCUT2D eigenvalue weighted by molar-refractivity contribution is 5.75. The van der Waals surface area contributed by atoms with Gasteiger partial charge in [-0.05, 0) is 19.3 Å². The summed E-state index contributed by atoms with van der Waals surface area (Å²) < 4.78 is 36.5. The van der Waals surface area contributed by atoms with Gasteiger partial charge in [0.25, 0.3) is 0 Å². The van der Waals surface area contributed by atoms with Crippen LogP contribution in [0.2, 0.25) is 0 Å². The minimum absolute atomic E-state index is 0.00653. The van der Waals surface area contributed by atoms with Gasteiger partial charge in [0.1, 0.15) is 0 Å². The predicted octanol–water partition coefficient (Wildman–Crippen LogP) is -0.305. The molecule has 0 saturated carbocycles. The maximum Gasteiger partial charge on any atom is 0.401 e. The number of amides is 1. The first-order chi connectivity index (χ1) is 8.67. The third-order valence-electron chi connectivity index (χ3n) is 3.21. The van der Waals surface area contributed by atoms with Gasteiger partial charge in [-0.25, -0.2) is 0 Å². The molecule has 1 saturated heterocycles. The largest absolute Gasteiger partial charge is 0.401 e. The van der Waals surface area contributed by atoms with Crippen LogP contribution in [-0.4, -0.2) is 60.4 Å². The summed E-state index contributed by atoms with van der Waals surface area (Å²) in [6.07, 6.45) is -4.46. The highest BCUT2D eigenvalue weighted by atomic mass is 19.4. The van der Waals surface area contributed by atoms with Crippen molar-refractivity contribution >= 4 is 5.91 Å². The lowest BCUT2D eigenvalue weighted by Gasteiger charge is -2.38. The number of nitrogens with zero attached hydrogens (tertiary/aromatic N) is 1. The number of alkyl halides is 3. The Labute approximate surface area is 109 Å². The lowest BCUT2D eigenvalue weighted by atomic mass is 9.90. The summed E-state index contributed by atoms with van der Waals surface area (Å²) in [6.45, 7) is 1.30. The molecule has 3 atom stereocenters. The Kier molecular flexibility index (Phi) is 5.57. The van der Waals surface area contributed by atoms with Crippen LogP contribution in [-0.2, 0) is 4.79 Å². The summed E-state index contributed by atoms with van der Waals surface area (Å²) in [5.74, 6) is -0.695. The first-order valence-electron chi connectivity index (χ1n) is 6.16. The number of nitrogens with two attached hydrogens (primary N) is 1. The number of halogens is 3. The maximum absolute atomic E-state index is 12.2. The molecule has 0 aliphatic carbocycles. The van der Waals surface area contributed by atoms with Crippen molar-refractivity contribution in [3.05, 3.63) is 0 Å². The monoisotopic (exact) mass is 283 g/mol. The number of hydrogen-bond acceptors (Lipinski definition) is 4. The maximum atomic E-state index is 12.2. The summed E-state index contributed by atoms with van der Waals surface area (Å²) in [4.78, 5) is 12.6. The first-order valence-corrected chi connectivity index (χ1v) is 6.16. The van der Waals surface area contributed by atoms with Gasteiger partial charge in [-0.1, -0.05) is 0 Å². The molecule has 4 N–H and O–H groups in total. The third-order valence-corrected chi connectivity index (χ3v) is 3.21. The molecule has 1 aliphatic rings. The molecule has 1 heterocycles. The van der Waals surface area contributed by atoms with Crippen LogP contribution >= 0.6 is 0 Å². The second-order valence-corrected chi connectivity index (χ2v) is 5.09. The molecule has 1 rings (SSSR count). The third kappa shape index (κ3) is 6.22. The zero-order valence-electron chi connectivity index (χ0n) is 10.8. The van der Waals surface area contributed by atoms with Gasteiger partial charge < -0.3 is 16.2 Å². The number of aliphatic hydroxyl groups excluding tert-OH is 1. The molecule has 0 bridgehead atoms. The average molecular weight is 283 g/mol. The standard InChI is InChI=1S/C11H20F3N3O2/c1-7(18)8-2-9(16-6-11(12,13)14)4-17(3-8)5-10(15)19/h7-9,16,18H,2-6H2,1H3,(H2,15,19). The summed E-state index contributed by atoms with van der Waals surface area (Å²) in [7, 11) is 0. The van der Waals surface area contributed by atoms with Gasteiger partial charge in [0.15, 0.2) is 0 Å². The van der Waals surface area contributed by atoms with E-state index in [0.29, 0.717) is 19.5 Å². The van der Waals surface area contributed by atoms with E-state index in [1.807, 2.05) is 0 Å². The molecule has 5 nitrogen and oxygen atoms in total. The van der Waals surface area contributed by atoms with Gasteiger partial charge in [0.2, 0.25) is 5.91 Å². The van der Waals surface area contributed by atoms with E-state index >= 15 is 0 Å². The molecule has 1 amide bonds. The minimum Gasteiger partial charge on any atom is -0.393 e. The van der Waals surface area contributed by atoms with Gasteiger partial charge in [0.05, 0.1) is 19.2 Å². The lowest BCUT2D eigenvalue weighted by Crippen LogP contribution is -2.54.